The largest absolute Gasteiger partial charge is 0.462 e. The minimum Gasteiger partial charge on any atom is -0.462 e. The first-order valence-corrected chi connectivity index (χ1v) is 14.2. The average Bonchev–Trinajstić information content (AvgIpc) is 3.00. The lowest BCUT2D eigenvalue weighted by molar-refractivity contribution is -0.352. The Balaban J connectivity index is 1.42. The third-order valence-corrected chi connectivity index (χ3v) is 7.57. The van der Waals surface area contributed by atoms with Crippen LogP contribution >= 0.6 is 0 Å². The Bertz CT molecular complexity index is 1280. The monoisotopic (exact) mass is 600 g/mol. The van der Waals surface area contributed by atoms with Gasteiger partial charge in [0.2, 0.25) is 6.29 Å². The van der Waals surface area contributed by atoms with E-state index in [0.717, 1.165) is 16.7 Å². The molecule has 43 heavy (non-hydrogen) atoms. The van der Waals surface area contributed by atoms with E-state index in [9.17, 15) is 35.7 Å². The predicted octanol–water partition coefficient (Wildman–Crippen LogP) is 0.186. The van der Waals surface area contributed by atoms with Crippen molar-refractivity contribution in [3.63, 3.8) is 0 Å². The molecule has 6 unspecified atom stereocenters. The van der Waals surface area contributed by atoms with E-state index < -0.39 is 74.6 Å². The Morgan fingerprint density at radius 1 is 0.814 bits per heavy atom. The highest BCUT2D eigenvalue weighted by Crippen LogP contribution is 2.31. The number of benzene rings is 2. The van der Waals surface area contributed by atoms with E-state index >= 15 is 0 Å². The van der Waals surface area contributed by atoms with Gasteiger partial charge in [0.1, 0.15) is 54.6 Å². The molecular formula is C32H40O11. The molecule has 11 nitrogen and oxygen atoms in total. The minimum absolute atomic E-state index is 0.362. The summed E-state index contributed by atoms with van der Waals surface area (Å²) in [5.74, 6) is 6.91. The highest BCUT2D eigenvalue weighted by Gasteiger charge is 2.51. The van der Waals surface area contributed by atoms with Crippen LogP contribution in [0.25, 0.3) is 6.08 Å². The van der Waals surface area contributed by atoms with E-state index in [0.29, 0.717) is 11.7 Å². The van der Waals surface area contributed by atoms with Crippen molar-refractivity contribution in [2.75, 3.05) is 13.2 Å². The van der Waals surface area contributed by atoms with E-state index in [1.165, 1.54) is 5.56 Å². The van der Waals surface area contributed by atoms with Crippen LogP contribution in [0.3, 0.4) is 0 Å². The van der Waals surface area contributed by atoms with Crippen LogP contribution in [0.5, 0.6) is 5.75 Å². The van der Waals surface area contributed by atoms with Crippen molar-refractivity contribution in [1.82, 2.24) is 0 Å². The Morgan fingerprint density at radius 3 is 2.12 bits per heavy atom. The highest BCUT2D eigenvalue weighted by molar-refractivity contribution is 5.57. The van der Waals surface area contributed by atoms with Gasteiger partial charge in [-0.1, -0.05) is 50.0 Å². The van der Waals surface area contributed by atoms with Crippen molar-refractivity contribution in [1.29, 1.82) is 0 Å². The molecule has 2 heterocycles. The molecule has 11 heteroatoms. The zero-order valence-corrected chi connectivity index (χ0v) is 24.2. The molecule has 2 aromatic rings. The van der Waals surface area contributed by atoms with Crippen LogP contribution in [0.4, 0.5) is 0 Å². The maximum absolute atomic E-state index is 10.9. The molecular weight excluding hydrogens is 560 g/mol. The Morgan fingerprint density at radius 2 is 1.47 bits per heavy atom. The molecule has 2 saturated heterocycles. The van der Waals surface area contributed by atoms with Crippen LogP contribution in [0.2, 0.25) is 0 Å². The molecule has 0 aromatic heterocycles. The van der Waals surface area contributed by atoms with E-state index in [2.05, 4.69) is 37.8 Å². The van der Waals surface area contributed by atoms with Crippen LogP contribution in [0.1, 0.15) is 42.0 Å². The molecule has 0 saturated carbocycles. The van der Waals surface area contributed by atoms with Gasteiger partial charge < -0.3 is 54.7 Å². The molecule has 0 aliphatic carbocycles. The number of aryl methyl sites for hydroxylation is 1. The number of hydrogen-bond acceptors (Lipinski definition) is 11. The van der Waals surface area contributed by atoms with Gasteiger partial charge in [-0.25, -0.2) is 0 Å². The number of aliphatic hydroxyl groups excluding tert-OH is 7. The summed E-state index contributed by atoms with van der Waals surface area (Å²) < 4.78 is 22.6. The highest BCUT2D eigenvalue weighted by atomic mass is 16.7. The number of hydrogen-bond donors (Lipinski definition) is 7. The third kappa shape index (κ3) is 7.81. The van der Waals surface area contributed by atoms with Crippen molar-refractivity contribution < 1.29 is 54.7 Å². The standard InChI is InChI=1S/C32H40O11/c1-17(2)21-12-10-19(11-13-21)6-4-5-7-20-9-8-18(3)22(14-20)40-31-29(39)27(37)30(24(16-34)42-31)43-32-28(38)26(36)25(35)23(15-33)41-32/h5,7-14,17,23-39H,15-16H2,1-3H3/b7-5+/t23?,24?,25-,26?,27?,28?,29?,30-,31-,32+/m1/s1. The smallest absolute Gasteiger partial charge is 0.229 e. The van der Waals surface area contributed by atoms with Gasteiger partial charge in [-0.3, -0.25) is 0 Å². The van der Waals surface area contributed by atoms with Gasteiger partial charge in [0.25, 0.3) is 0 Å². The normalized spacial score (nSPS) is 32.9. The molecule has 2 aliphatic heterocycles. The van der Waals surface area contributed by atoms with Gasteiger partial charge >= 0.3 is 0 Å². The lowest BCUT2D eigenvalue weighted by Crippen LogP contribution is -2.65. The Hall–Kier alpha value is -2.86. The van der Waals surface area contributed by atoms with Crippen molar-refractivity contribution in [2.24, 2.45) is 0 Å². The van der Waals surface area contributed by atoms with Crippen molar-refractivity contribution in [3.05, 3.63) is 70.8 Å². The maximum Gasteiger partial charge on any atom is 0.229 e. The summed E-state index contributed by atoms with van der Waals surface area (Å²) >= 11 is 0. The van der Waals surface area contributed by atoms with Crippen LogP contribution in [-0.2, 0) is 14.2 Å². The first-order valence-electron chi connectivity index (χ1n) is 14.2. The SMILES string of the molecule is Cc1ccc(/C=C/C#Cc2ccc(C(C)C)cc2)cc1O[C@@H]1OC(CO)[C@@H](O[C@@H]2OC(CO)[C@@H](O)C(O)C2O)C(O)C1O. The minimum atomic E-state index is -1.75. The summed E-state index contributed by atoms with van der Waals surface area (Å²) in [5, 5.41) is 71.4. The fourth-order valence-electron chi connectivity index (χ4n) is 4.84. The summed E-state index contributed by atoms with van der Waals surface area (Å²) in [6.07, 6.45) is -11.8. The second kappa shape index (κ2) is 14.7. The molecule has 234 valence electrons. The molecule has 0 amide bonds. The lowest BCUT2D eigenvalue weighted by atomic mass is 9.97. The first-order chi connectivity index (χ1) is 20.5. The predicted molar refractivity (Wildman–Crippen MR) is 155 cm³/mol. The number of ether oxygens (including phenoxy) is 4. The summed E-state index contributed by atoms with van der Waals surface area (Å²) in [6.45, 7) is 4.73. The van der Waals surface area contributed by atoms with E-state index in [4.69, 9.17) is 18.9 Å². The molecule has 7 N–H and O–H groups in total. The van der Waals surface area contributed by atoms with E-state index in [1.54, 1.807) is 25.1 Å². The van der Waals surface area contributed by atoms with Crippen LogP contribution in [0.15, 0.2) is 48.5 Å². The number of rotatable bonds is 8. The maximum atomic E-state index is 10.9. The Kier molecular flexibility index (Phi) is 11.3. The van der Waals surface area contributed by atoms with Gasteiger partial charge in [0, 0.05) is 5.56 Å². The molecule has 0 bridgehead atoms. The molecule has 0 spiro atoms. The van der Waals surface area contributed by atoms with Gasteiger partial charge in [0.05, 0.1) is 13.2 Å². The molecule has 2 fully saturated rings. The zero-order chi connectivity index (χ0) is 31.3. The molecule has 4 rings (SSSR count). The fraction of sp³-hybridized carbons (Fsp3) is 0.500. The summed E-state index contributed by atoms with van der Waals surface area (Å²) in [4.78, 5) is 0. The van der Waals surface area contributed by atoms with E-state index in [1.807, 2.05) is 24.3 Å². The second-order valence-corrected chi connectivity index (χ2v) is 11.0. The quantitative estimate of drug-likeness (QED) is 0.206. The second-order valence-electron chi connectivity index (χ2n) is 11.0. The molecule has 0 radical (unpaired) electrons. The topological polar surface area (TPSA) is 179 Å². The average molecular weight is 601 g/mol. The van der Waals surface area contributed by atoms with Crippen LogP contribution in [0, 0.1) is 18.8 Å². The number of allylic oxidation sites excluding steroid dienone is 1. The summed E-state index contributed by atoms with van der Waals surface area (Å²) in [7, 11) is 0. The van der Waals surface area contributed by atoms with Crippen molar-refractivity contribution in [2.45, 2.75) is 88.1 Å². The molecule has 10 atom stereocenters. The zero-order valence-electron chi connectivity index (χ0n) is 24.2. The van der Waals surface area contributed by atoms with Gasteiger partial charge in [-0.2, -0.15) is 0 Å². The first kappa shape index (κ1) is 33.0. The van der Waals surface area contributed by atoms with Crippen molar-refractivity contribution >= 4 is 6.08 Å². The molecule has 2 aliphatic rings. The van der Waals surface area contributed by atoms with Crippen LogP contribution in [-0.4, -0.2) is 110 Å². The van der Waals surface area contributed by atoms with Crippen LogP contribution < -0.4 is 4.74 Å². The van der Waals surface area contributed by atoms with Gasteiger partial charge in [0.15, 0.2) is 6.29 Å². The molecule has 2 aromatic carbocycles. The Labute approximate surface area is 250 Å². The number of aliphatic hydroxyl groups is 7. The van der Waals surface area contributed by atoms with E-state index in [-0.39, 0.29) is 0 Å². The van der Waals surface area contributed by atoms with Crippen molar-refractivity contribution in [3.8, 4) is 17.6 Å². The third-order valence-electron chi connectivity index (χ3n) is 7.57. The summed E-state index contributed by atoms with van der Waals surface area (Å²) in [5.41, 5.74) is 3.63. The van der Waals surface area contributed by atoms with Gasteiger partial charge in [-0.05, 0) is 59.9 Å². The fourth-order valence-corrected chi connectivity index (χ4v) is 4.84. The van der Waals surface area contributed by atoms with Gasteiger partial charge in [-0.15, -0.1) is 0 Å². The summed E-state index contributed by atoms with van der Waals surface area (Å²) in [6, 6.07) is 13.5. The lowest BCUT2D eigenvalue weighted by Gasteiger charge is -2.45.